The van der Waals surface area contributed by atoms with Crippen molar-refractivity contribution in [2.45, 2.75) is 59.5 Å². The van der Waals surface area contributed by atoms with E-state index in [1.807, 2.05) is 6.20 Å². The molecule has 3 nitrogen and oxygen atoms in total. The van der Waals surface area contributed by atoms with E-state index in [2.05, 4.69) is 55.7 Å². The molecule has 0 aliphatic heterocycles. The van der Waals surface area contributed by atoms with E-state index in [1.165, 1.54) is 5.82 Å². The average molecular weight is 237 g/mol. The molecule has 0 spiro atoms. The Morgan fingerprint density at radius 2 is 2.00 bits per heavy atom. The molecule has 0 bridgehead atoms. The molecule has 2 unspecified atom stereocenters. The Kier molecular flexibility index (Phi) is 5.69. The predicted molar refractivity (Wildman–Crippen MR) is 73.2 cm³/mol. The molecule has 1 rings (SSSR count). The molecule has 0 amide bonds. The molecular weight excluding hydrogens is 210 g/mol. The van der Waals surface area contributed by atoms with Gasteiger partial charge in [-0.15, -0.1) is 0 Å². The minimum atomic E-state index is 0.503. The standard InChI is InChI=1S/C14H27N3/c1-6-8-17-9-7-15-14(17)13(5)12(4)10-16-11(2)3/h7,9,11-13,16H,6,8,10H2,1-5H3. The third kappa shape index (κ3) is 4.15. The second-order valence-corrected chi connectivity index (χ2v) is 5.31. The smallest absolute Gasteiger partial charge is 0.111 e. The number of rotatable bonds is 7. The van der Waals surface area contributed by atoms with Gasteiger partial charge in [0.1, 0.15) is 5.82 Å². The summed E-state index contributed by atoms with van der Waals surface area (Å²) in [6.07, 6.45) is 5.18. The van der Waals surface area contributed by atoms with Crippen molar-refractivity contribution < 1.29 is 0 Å². The highest BCUT2D eigenvalue weighted by molar-refractivity contribution is 5.01. The van der Waals surface area contributed by atoms with Crippen molar-refractivity contribution >= 4 is 0 Å². The van der Waals surface area contributed by atoms with Gasteiger partial charge < -0.3 is 9.88 Å². The quantitative estimate of drug-likeness (QED) is 0.790. The summed E-state index contributed by atoms with van der Waals surface area (Å²) in [7, 11) is 0. The molecule has 1 heterocycles. The minimum absolute atomic E-state index is 0.503. The van der Waals surface area contributed by atoms with Crippen LogP contribution in [0.4, 0.5) is 0 Å². The molecule has 0 saturated carbocycles. The third-order valence-corrected chi connectivity index (χ3v) is 3.32. The van der Waals surface area contributed by atoms with Crippen molar-refractivity contribution in [3.63, 3.8) is 0 Å². The maximum absolute atomic E-state index is 4.52. The Morgan fingerprint density at radius 3 is 2.59 bits per heavy atom. The topological polar surface area (TPSA) is 29.9 Å². The summed E-state index contributed by atoms with van der Waals surface area (Å²) in [5.74, 6) is 2.34. The van der Waals surface area contributed by atoms with Gasteiger partial charge in [-0.05, 0) is 18.9 Å². The van der Waals surface area contributed by atoms with Gasteiger partial charge in [0.25, 0.3) is 0 Å². The Morgan fingerprint density at radius 1 is 1.29 bits per heavy atom. The van der Waals surface area contributed by atoms with Crippen LogP contribution in [0.25, 0.3) is 0 Å². The Labute approximate surface area is 106 Å². The highest BCUT2D eigenvalue weighted by Crippen LogP contribution is 2.22. The largest absolute Gasteiger partial charge is 0.335 e. The summed E-state index contributed by atoms with van der Waals surface area (Å²) in [5, 5.41) is 3.50. The van der Waals surface area contributed by atoms with Crippen LogP contribution in [0, 0.1) is 5.92 Å². The Bertz CT molecular complexity index is 317. The predicted octanol–water partition coefficient (Wildman–Crippen LogP) is 3.03. The second-order valence-electron chi connectivity index (χ2n) is 5.31. The third-order valence-electron chi connectivity index (χ3n) is 3.32. The molecule has 3 heteroatoms. The van der Waals surface area contributed by atoms with Crippen LogP contribution in [0.2, 0.25) is 0 Å². The second kappa shape index (κ2) is 6.80. The molecule has 0 radical (unpaired) electrons. The van der Waals surface area contributed by atoms with E-state index in [9.17, 15) is 0 Å². The van der Waals surface area contributed by atoms with Crippen molar-refractivity contribution in [1.29, 1.82) is 0 Å². The first-order valence-corrected chi connectivity index (χ1v) is 6.80. The summed E-state index contributed by atoms with van der Waals surface area (Å²) in [6.45, 7) is 13.3. The molecule has 2 atom stereocenters. The highest BCUT2D eigenvalue weighted by Gasteiger charge is 2.18. The highest BCUT2D eigenvalue weighted by atomic mass is 15.1. The van der Waals surface area contributed by atoms with Gasteiger partial charge in [-0.1, -0.05) is 34.6 Å². The zero-order valence-electron chi connectivity index (χ0n) is 11.9. The number of hydrogen-bond donors (Lipinski definition) is 1. The summed E-state index contributed by atoms with van der Waals surface area (Å²) < 4.78 is 2.29. The maximum atomic E-state index is 4.52. The lowest BCUT2D eigenvalue weighted by Crippen LogP contribution is -2.30. The molecule has 98 valence electrons. The first kappa shape index (κ1) is 14.2. The summed E-state index contributed by atoms with van der Waals surface area (Å²) in [4.78, 5) is 4.52. The van der Waals surface area contributed by atoms with E-state index in [-0.39, 0.29) is 0 Å². The van der Waals surface area contributed by atoms with Gasteiger partial charge in [0.05, 0.1) is 0 Å². The minimum Gasteiger partial charge on any atom is -0.335 e. The van der Waals surface area contributed by atoms with Crippen LogP contribution in [0.15, 0.2) is 12.4 Å². The average Bonchev–Trinajstić information content (AvgIpc) is 2.73. The first-order chi connectivity index (χ1) is 8.06. The molecule has 0 aliphatic carbocycles. The van der Waals surface area contributed by atoms with Gasteiger partial charge in [-0.25, -0.2) is 4.98 Å². The Balaban J connectivity index is 2.60. The van der Waals surface area contributed by atoms with Gasteiger partial charge >= 0.3 is 0 Å². The molecule has 1 aromatic rings. The molecule has 0 saturated heterocycles. The van der Waals surface area contributed by atoms with E-state index >= 15 is 0 Å². The lowest BCUT2D eigenvalue weighted by Gasteiger charge is -2.22. The summed E-state index contributed by atoms with van der Waals surface area (Å²) >= 11 is 0. The van der Waals surface area contributed by atoms with Crippen molar-refractivity contribution in [2.24, 2.45) is 5.92 Å². The number of imidazole rings is 1. The van der Waals surface area contributed by atoms with Crippen LogP contribution in [-0.2, 0) is 6.54 Å². The lowest BCUT2D eigenvalue weighted by atomic mass is 9.95. The van der Waals surface area contributed by atoms with Crippen LogP contribution < -0.4 is 5.32 Å². The number of nitrogens with zero attached hydrogens (tertiary/aromatic N) is 2. The van der Waals surface area contributed by atoms with Crippen LogP contribution in [-0.4, -0.2) is 22.1 Å². The number of aryl methyl sites for hydroxylation is 1. The zero-order valence-corrected chi connectivity index (χ0v) is 11.9. The van der Waals surface area contributed by atoms with E-state index in [0.717, 1.165) is 19.5 Å². The van der Waals surface area contributed by atoms with Gasteiger partial charge in [-0.2, -0.15) is 0 Å². The van der Waals surface area contributed by atoms with Gasteiger partial charge in [0, 0.05) is 30.9 Å². The Hall–Kier alpha value is -0.830. The van der Waals surface area contributed by atoms with E-state index in [4.69, 9.17) is 0 Å². The molecule has 17 heavy (non-hydrogen) atoms. The maximum Gasteiger partial charge on any atom is 0.111 e. The van der Waals surface area contributed by atoms with E-state index in [1.54, 1.807) is 0 Å². The molecule has 1 N–H and O–H groups in total. The van der Waals surface area contributed by atoms with Crippen LogP contribution >= 0.6 is 0 Å². The molecule has 0 fully saturated rings. The van der Waals surface area contributed by atoms with Crippen molar-refractivity contribution in [3.05, 3.63) is 18.2 Å². The normalized spacial score (nSPS) is 15.2. The van der Waals surface area contributed by atoms with Crippen molar-refractivity contribution in [1.82, 2.24) is 14.9 Å². The van der Waals surface area contributed by atoms with E-state index < -0.39 is 0 Å². The van der Waals surface area contributed by atoms with Gasteiger partial charge in [0.15, 0.2) is 0 Å². The first-order valence-electron chi connectivity index (χ1n) is 6.80. The fourth-order valence-electron chi connectivity index (χ4n) is 2.00. The number of hydrogen-bond acceptors (Lipinski definition) is 2. The molecule has 0 aliphatic rings. The molecular formula is C14H27N3. The van der Waals surface area contributed by atoms with Gasteiger partial charge in [0.2, 0.25) is 0 Å². The summed E-state index contributed by atoms with van der Waals surface area (Å²) in [5.41, 5.74) is 0. The van der Waals surface area contributed by atoms with Crippen molar-refractivity contribution in [2.75, 3.05) is 6.54 Å². The van der Waals surface area contributed by atoms with Crippen LogP contribution in [0.5, 0.6) is 0 Å². The van der Waals surface area contributed by atoms with Gasteiger partial charge in [-0.3, -0.25) is 0 Å². The molecule has 0 aromatic carbocycles. The summed E-state index contributed by atoms with van der Waals surface area (Å²) in [6, 6.07) is 0.556. The van der Waals surface area contributed by atoms with Crippen LogP contribution in [0.1, 0.15) is 52.8 Å². The zero-order chi connectivity index (χ0) is 12.8. The number of nitrogens with one attached hydrogen (secondary N) is 1. The SMILES string of the molecule is CCCn1ccnc1C(C)C(C)CNC(C)C. The fourth-order valence-corrected chi connectivity index (χ4v) is 2.00. The monoisotopic (exact) mass is 237 g/mol. The van der Waals surface area contributed by atoms with E-state index in [0.29, 0.717) is 17.9 Å². The van der Waals surface area contributed by atoms with Crippen LogP contribution in [0.3, 0.4) is 0 Å². The van der Waals surface area contributed by atoms with Crippen molar-refractivity contribution in [3.8, 4) is 0 Å². The lowest BCUT2D eigenvalue weighted by molar-refractivity contribution is 0.404. The fraction of sp³-hybridized carbons (Fsp3) is 0.786. The molecule has 1 aromatic heterocycles. The number of aromatic nitrogens is 2.